The minimum Gasteiger partial charge on any atom is -0.309 e. The van der Waals surface area contributed by atoms with Crippen LogP contribution in [0, 0.1) is 0 Å². The van der Waals surface area contributed by atoms with Crippen LogP contribution in [-0.2, 0) is 0 Å². The lowest BCUT2D eigenvalue weighted by Crippen LogP contribution is -1.99. The second-order valence-corrected chi connectivity index (χ2v) is 13.6. The van der Waals surface area contributed by atoms with E-state index in [0.717, 1.165) is 33.8 Å². The first-order valence-electron chi connectivity index (χ1n) is 17.8. The van der Waals surface area contributed by atoms with Crippen molar-refractivity contribution in [3.05, 3.63) is 188 Å². The van der Waals surface area contributed by atoms with E-state index in [4.69, 9.17) is 4.98 Å². The van der Waals surface area contributed by atoms with Crippen molar-refractivity contribution in [3.8, 4) is 33.9 Å². The van der Waals surface area contributed by atoms with Gasteiger partial charge >= 0.3 is 0 Å². The highest BCUT2D eigenvalue weighted by molar-refractivity contribution is 6.25. The van der Waals surface area contributed by atoms with Gasteiger partial charge in [-0.05, 0) is 104 Å². The summed E-state index contributed by atoms with van der Waals surface area (Å²) in [6, 6.07) is 67.9. The lowest BCUT2D eigenvalue weighted by Gasteiger charge is -2.13. The van der Waals surface area contributed by atoms with E-state index in [1.807, 2.05) is 6.07 Å². The predicted molar refractivity (Wildman–Crippen MR) is 219 cm³/mol. The van der Waals surface area contributed by atoms with Gasteiger partial charge in [0.05, 0.1) is 22.1 Å². The third-order valence-electron chi connectivity index (χ3n) is 10.7. The van der Waals surface area contributed by atoms with E-state index >= 15 is 0 Å². The van der Waals surface area contributed by atoms with Gasteiger partial charge in [0.1, 0.15) is 5.82 Å². The molecule has 9 aromatic carbocycles. The zero-order valence-corrected chi connectivity index (χ0v) is 28.2. The van der Waals surface area contributed by atoms with Gasteiger partial charge in [0.25, 0.3) is 0 Å². The second-order valence-electron chi connectivity index (χ2n) is 13.6. The molecule has 3 nitrogen and oxygen atoms in total. The SMILES string of the molecule is c1ccc(-c2nc3ccccc3n2-c2ccc(-n3c4ccccc4c4cc(-c5ccc6c7ccccc7c7ccccc7c6c5)ccc43)cc2)cc1. The van der Waals surface area contributed by atoms with E-state index in [-0.39, 0.29) is 0 Å². The Bertz CT molecular complexity index is 3130. The Labute approximate surface area is 300 Å². The lowest BCUT2D eigenvalue weighted by atomic mass is 9.92. The highest BCUT2D eigenvalue weighted by Crippen LogP contribution is 2.39. The minimum absolute atomic E-state index is 0.939. The molecule has 0 aliphatic rings. The number of para-hydroxylation sites is 3. The average molecular weight is 662 g/mol. The van der Waals surface area contributed by atoms with Crippen molar-refractivity contribution in [3.63, 3.8) is 0 Å². The smallest absolute Gasteiger partial charge is 0.145 e. The zero-order chi connectivity index (χ0) is 34.2. The van der Waals surface area contributed by atoms with Gasteiger partial charge < -0.3 is 4.57 Å². The van der Waals surface area contributed by atoms with Crippen LogP contribution in [0.4, 0.5) is 0 Å². The Kier molecular flexibility index (Phi) is 6.25. The minimum atomic E-state index is 0.939. The summed E-state index contributed by atoms with van der Waals surface area (Å²) in [5, 5.41) is 10.2. The summed E-state index contributed by atoms with van der Waals surface area (Å²) >= 11 is 0. The summed E-state index contributed by atoms with van der Waals surface area (Å²) < 4.78 is 4.66. The van der Waals surface area contributed by atoms with Gasteiger partial charge in [0.15, 0.2) is 0 Å². The van der Waals surface area contributed by atoms with Gasteiger partial charge in [-0.1, -0.05) is 127 Å². The highest BCUT2D eigenvalue weighted by Gasteiger charge is 2.17. The van der Waals surface area contributed by atoms with Crippen LogP contribution >= 0.6 is 0 Å². The molecule has 0 bridgehead atoms. The van der Waals surface area contributed by atoms with Gasteiger partial charge in [-0.3, -0.25) is 4.57 Å². The molecule has 0 radical (unpaired) electrons. The van der Waals surface area contributed by atoms with E-state index < -0.39 is 0 Å². The fraction of sp³-hybridized carbons (Fsp3) is 0. The predicted octanol–water partition coefficient (Wildman–Crippen LogP) is 12.9. The first-order chi connectivity index (χ1) is 25.8. The number of hydrogen-bond donors (Lipinski definition) is 0. The Morgan fingerprint density at radius 3 is 1.46 bits per heavy atom. The largest absolute Gasteiger partial charge is 0.309 e. The number of rotatable bonds is 4. The zero-order valence-electron chi connectivity index (χ0n) is 28.2. The highest BCUT2D eigenvalue weighted by atomic mass is 15.1. The maximum absolute atomic E-state index is 5.05. The quantitative estimate of drug-likeness (QED) is 0.172. The molecule has 11 rings (SSSR count). The molecule has 52 heavy (non-hydrogen) atoms. The third-order valence-corrected chi connectivity index (χ3v) is 10.7. The van der Waals surface area contributed by atoms with Gasteiger partial charge in [-0.15, -0.1) is 0 Å². The number of imidazole rings is 1. The summed E-state index contributed by atoms with van der Waals surface area (Å²) in [5.41, 5.74) is 10.2. The van der Waals surface area contributed by atoms with Crippen molar-refractivity contribution in [1.29, 1.82) is 0 Å². The van der Waals surface area contributed by atoms with Crippen molar-refractivity contribution in [2.45, 2.75) is 0 Å². The van der Waals surface area contributed by atoms with E-state index in [1.54, 1.807) is 0 Å². The Hall–Kier alpha value is -6.97. The molecule has 3 heteroatoms. The van der Waals surface area contributed by atoms with E-state index in [1.165, 1.54) is 65.3 Å². The van der Waals surface area contributed by atoms with Crippen LogP contribution in [0.5, 0.6) is 0 Å². The van der Waals surface area contributed by atoms with Crippen LogP contribution < -0.4 is 0 Å². The van der Waals surface area contributed by atoms with Crippen LogP contribution in [0.1, 0.15) is 0 Å². The van der Waals surface area contributed by atoms with Gasteiger partial charge in [-0.25, -0.2) is 4.98 Å². The molecule has 0 aliphatic heterocycles. The van der Waals surface area contributed by atoms with Crippen LogP contribution in [0.3, 0.4) is 0 Å². The monoisotopic (exact) mass is 661 g/mol. The van der Waals surface area contributed by atoms with Gasteiger partial charge in [-0.2, -0.15) is 0 Å². The summed E-state index contributed by atoms with van der Waals surface area (Å²) in [7, 11) is 0. The third kappa shape index (κ3) is 4.30. The topological polar surface area (TPSA) is 22.8 Å². The Morgan fingerprint density at radius 2 is 0.769 bits per heavy atom. The lowest BCUT2D eigenvalue weighted by molar-refractivity contribution is 1.09. The molecule has 0 saturated carbocycles. The summed E-state index contributed by atoms with van der Waals surface area (Å²) in [6.07, 6.45) is 0. The molecule has 0 fully saturated rings. The fourth-order valence-corrected chi connectivity index (χ4v) is 8.34. The molecule has 0 N–H and O–H groups in total. The van der Waals surface area contributed by atoms with Crippen LogP contribution in [0.2, 0.25) is 0 Å². The number of hydrogen-bond acceptors (Lipinski definition) is 1. The van der Waals surface area contributed by atoms with Crippen molar-refractivity contribution in [2.24, 2.45) is 0 Å². The number of nitrogens with zero attached hydrogens (tertiary/aromatic N) is 3. The van der Waals surface area contributed by atoms with E-state index in [0.29, 0.717) is 0 Å². The molecule has 0 spiro atoms. The van der Waals surface area contributed by atoms with Crippen LogP contribution in [0.25, 0.3) is 99.0 Å². The molecule has 11 aromatic rings. The standard InChI is InChI=1S/C49H31N3/c1-2-12-32(13-3-1)49-50-45-19-9-11-21-48(45)52(49)36-26-24-35(25-27-36)51-46-20-10-8-18-42(46)44-31-34(23-29-47(44)51)33-22-28-41-39-16-5-4-14-37(39)38-15-6-7-17-40(38)43(41)30-33/h1-31H. The van der Waals surface area contributed by atoms with E-state index in [9.17, 15) is 0 Å². The summed E-state index contributed by atoms with van der Waals surface area (Å²) in [4.78, 5) is 5.05. The first-order valence-corrected chi connectivity index (χ1v) is 17.8. The number of aromatic nitrogens is 3. The van der Waals surface area contributed by atoms with Crippen LogP contribution in [0.15, 0.2) is 188 Å². The molecular weight excluding hydrogens is 631 g/mol. The maximum atomic E-state index is 5.05. The van der Waals surface area contributed by atoms with Crippen LogP contribution in [-0.4, -0.2) is 14.1 Å². The van der Waals surface area contributed by atoms with Crippen molar-refractivity contribution < 1.29 is 0 Å². The van der Waals surface area contributed by atoms with Crippen molar-refractivity contribution in [1.82, 2.24) is 14.1 Å². The van der Waals surface area contributed by atoms with E-state index in [2.05, 4.69) is 191 Å². The molecular formula is C49H31N3. The normalized spacial score (nSPS) is 11.8. The molecule has 0 amide bonds. The van der Waals surface area contributed by atoms with Gasteiger partial charge in [0.2, 0.25) is 0 Å². The molecule has 2 heterocycles. The number of fused-ring (bicyclic) bond motifs is 10. The maximum Gasteiger partial charge on any atom is 0.145 e. The van der Waals surface area contributed by atoms with Crippen molar-refractivity contribution in [2.75, 3.05) is 0 Å². The molecule has 0 unspecified atom stereocenters. The Balaban J connectivity index is 1.06. The van der Waals surface area contributed by atoms with Gasteiger partial charge in [0, 0.05) is 27.7 Å². The fourth-order valence-electron chi connectivity index (χ4n) is 8.34. The Morgan fingerprint density at radius 1 is 0.288 bits per heavy atom. The molecule has 0 aliphatic carbocycles. The van der Waals surface area contributed by atoms with Crippen molar-refractivity contribution >= 4 is 65.2 Å². The molecule has 0 saturated heterocycles. The molecule has 242 valence electrons. The summed E-state index contributed by atoms with van der Waals surface area (Å²) in [6.45, 7) is 0. The average Bonchev–Trinajstić information content (AvgIpc) is 3.77. The summed E-state index contributed by atoms with van der Waals surface area (Å²) in [5.74, 6) is 0.939. The molecule has 0 atom stereocenters. The second kappa shape index (κ2) is 11.3. The number of benzene rings is 9. The molecule has 2 aromatic heterocycles. The first kappa shape index (κ1) is 28.8.